The highest BCUT2D eigenvalue weighted by atomic mass is 79.9. The molecule has 0 saturated carbocycles. The van der Waals surface area contributed by atoms with Gasteiger partial charge in [0.15, 0.2) is 8.32 Å². The molecule has 0 aromatic heterocycles. The van der Waals surface area contributed by atoms with E-state index in [1.807, 2.05) is 6.07 Å². The fourth-order valence-corrected chi connectivity index (χ4v) is 3.16. The third kappa shape index (κ3) is 4.41. The molecule has 0 radical (unpaired) electrons. The average Bonchev–Trinajstić information content (AvgIpc) is 2.24. The summed E-state index contributed by atoms with van der Waals surface area (Å²) in [5, 5.41) is 0.224. The summed E-state index contributed by atoms with van der Waals surface area (Å²) in [5.41, 5.74) is 8.66. The molecule has 1 unspecified atom stereocenters. The summed E-state index contributed by atoms with van der Waals surface area (Å²) in [7, 11) is -1.72. The number of nitrogens with two attached hydrogens (primary N) is 1. The van der Waals surface area contributed by atoms with Crippen molar-refractivity contribution in [3.63, 3.8) is 0 Å². The number of hydrogen-bond acceptors (Lipinski definition) is 2. The molecule has 0 aliphatic rings. The number of benzene rings is 1. The van der Waals surface area contributed by atoms with Gasteiger partial charge in [-0.05, 0) is 48.3 Å². The molecule has 0 aliphatic heterocycles. The third-order valence-corrected chi connectivity index (χ3v) is 9.06. The highest BCUT2D eigenvalue weighted by molar-refractivity contribution is 9.10. The van der Waals surface area contributed by atoms with Crippen molar-refractivity contribution in [1.29, 1.82) is 0 Å². The van der Waals surface area contributed by atoms with E-state index in [4.69, 9.17) is 10.2 Å². The monoisotopic (exact) mass is 343 g/mol. The van der Waals surface area contributed by atoms with Crippen LogP contribution < -0.4 is 5.73 Å². The summed E-state index contributed by atoms with van der Waals surface area (Å²) in [6.07, 6.45) is 0. The lowest BCUT2D eigenvalue weighted by molar-refractivity contribution is 0.264. The lowest BCUT2D eigenvalue weighted by atomic mass is 10.0. The van der Waals surface area contributed by atoms with E-state index >= 15 is 0 Å². The van der Waals surface area contributed by atoms with Crippen LogP contribution in [0.4, 0.5) is 0 Å². The molecule has 0 fully saturated rings. The van der Waals surface area contributed by atoms with Crippen LogP contribution in [0.15, 0.2) is 22.7 Å². The minimum atomic E-state index is -1.72. The minimum absolute atomic E-state index is 0.0535. The van der Waals surface area contributed by atoms with Gasteiger partial charge < -0.3 is 10.2 Å². The maximum absolute atomic E-state index is 6.28. The van der Waals surface area contributed by atoms with Gasteiger partial charge in [0.05, 0.1) is 12.6 Å². The maximum atomic E-state index is 6.28. The number of halogens is 1. The molecule has 1 aromatic carbocycles. The van der Waals surface area contributed by atoms with Gasteiger partial charge in [0.25, 0.3) is 0 Å². The largest absolute Gasteiger partial charge is 0.415 e. The first kappa shape index (κ1) is 16.9. The molecule has 0 heterocycles. The first-order valence-corrected chi connectivity index (χ1v) is 10.4. The normalized spacial score (nSPS) is 14.5. The van der Waals surface area contributed by atoms with Crippen molar-refractivity contribution in [2.45, 2.75) is 51.9 Å². The van der Waals surface area contributed by atoms with Gasteiger partial charge in [0.2, 0.25) is 0 Å². The zero-order chi connectivity index (χ0) is 14.8. The Kier molecular flexibility index (Phi) is 5.41. The molecule has 1 rings (SSSR count). The van der Waals surface area contributed by atoms with E-state index in [0.29, 0.717) is 6.61 Å². The van der Waals surface area contributed by atoms with Gasteiger partial charge in [-0.25, -0.2) is 0 Å². The van der Waals surface area contributed by atoms with Crippen molar-refractivity contribution >= 4 is 24.2 Å². The molecule has 0 amide bonds. The second-order valence-corrected chi connectivity index (χ2v) is 12.4. The van der Waals surface area contributed by atoms with Gasteiger partial charge in [0, 0.05) is 4.47 Å². The zero-order valence-corrected chi connectivity index (χ0v) is 15.5. The summed E-state index contributed by atoms with van der Waals surface area (Å²) in [6.45, 7) is 13.9. The Morgan fingerprint density at radius 2 is 1.89 bits per heavy atom. The SMILES string of the molecule is Cc1cc(Br)ccc1C(N)CO[Si](C)(C)C(C)(C)C. The zero-order valence-electron chi connectivity index (χ0n) is 12.9. The molecule has 0 spiro atoms. The number of hydrogen-bond donors (Lipinski definition) is 1. The van der Waals surface area contributed by atoms with Gasteiger partial charge in [-0.3, -0.25) is 0 Å². The van der Waals surface area contributed by atoms with Gasteiger partial charge >= 0.3 is 0 Å². The minimum Gasteiger partial charge on any atom is -0.415 e. The molecule has 0 bridgehead atoms. The second-order valence-electron chi connectivity index (χ2n) is 6.68. The molecule has 19 heavy (non-hydrogen) atoms. The standard InChI is InChI=1S/C15H26BrNOSi/c1-11-9-12(16)7-8-13(11)14(17)10-18-19(5,6)15(2,3)4/h7-9,14H,10,17H2,1-6H3. The predicted molar refractivity (Wildman–Crippen MR) is 89.0 cm³/mol. The van der Waals surface area contributed by atoms with Gasteiger partial charge in [-0.15, -0.1) is 0 Å². The summed E-state index contributed by atoms with van der Waals surface area (Å²) in [4.78, 5) is 0. The summed E-state index contributed by atoms with van der Waals surface area (Å²) in [6, 6.07) is 6.16. The Labute approximate surface area is 127 Å². The molecule has 2 N–H and O–H groups in total. The quantitative estimate of drug-likeness (QED) is 0.798. The number of aryl methyl sites for hydroxylation is 1. The summed E-state index contributed by atoms with van der Waals surface area (Å²) in [5.74, 6) is 0. The van der Waals surface area contributed by atoms with Crippen LogP contribution in [-0.4, -0.2) is 14.9 Å². The van der Waals surface area contributed by atoms with Crippen LogP contribution in [0.1, 0.15) is 37.9 Å². The van der Waals surface area contributed by atoms with E-state index in [2.05, 4.69) is 68.9 Å². The molecule has 0 aliphatic carbocycles. The van der Waals surface area contributed by atoms with E-state index in [1.165, 1.54) is 11.1 Å². The summed E-state index contributed by atoms with van der Waals surface area (Å²) < 4.78 is 7.29. The fourth-order valence-electron chi connectivity index (χ4n) is 1.66. The topological polar surface area (TPSA) is 35.2 Å². The van der Waals surface area contributed by atoms with Crippen LogP contribution >= 0.6 is 15.9 Å². The molecule has 108 valence electrons. The molecule has 0 saturated heterocycles. The van der Waals surface area contributed by atoms with Crippen molar-refractivity contribution in [1.82, 2.24) is 0 Å². The van der Waals surface area contributed by atoms with Crippen LogP contribution in [0.2, 0.25) is 18.1 Å². The fraction of sp³-hybridized carbons (Fsp3) is 0.600. The average molecular weight is 344 g/mol. The second kappa shape index (κ2) is 6.08. The highest BCUT2D eigenvalue weighted by Crippen LogP contribution is 2.37. The van der Waals surface area contributed by atoms with Crippen LogP contribution in [0, 0.1) is 6.92 Å². The Balaban J connectivity index is 2.73. The first-order chi connectivity index (χ1) is 8.54. The molecular formula is C15H26BrNOSi. The van der Waals surface area contributed by atoms with Crippen LogP contribution in [0.25, 0.3) is 0 Å². The maximum Gasteiger partial charge on any atom is 0.192 e. The van der Waals surface area contributed by atoms with Crippen LogP contribution in [0.5, 0.6) is 0 Å². The Morgan fingerprint density at radius 1 is 1.32 bits per heavy atom. The Hall–Kier alpha value is -0.163. The molecule has 1 aromatic rings. The Morgan fingerprint density at radius 3 is 2.37 bits per heavy atom. The van der Waals surface area contributed by atoms with Gasteiger partial charge in [0.1, 0.15) is 0 Å². The van der Waals surface area contributed by atoms with Crippen LogP contribution in [0.3, 0.4) is 0 Å². The number of rotatable bonds is 4. The first-order valence-electron chi connectivity index (χ1n) is 6.70. The lowest BCUT2D eigenvalue weighted by Gasteiger charge is -2.37. The van der Waals surface area contributed by atoms with Gasteiger partial charge in [-0.2, -0.15) is 0 Å². The van der Waals surface area contributed by atoms with E-state index < -0.39 is 8.32 Å². The van der Waals surface area contributed by atoms with Crippen molar-refractivity contribution in [2.24, 2.45) is 5.73 Å². The lowest BCUT2D eigenvalue weighted by Crippen LogP contribution is -2.42. The van der Waals surface area contributed by atoms with Crippen molar-refractivity contribution < 1.29 is 4.43 Å². The highest BCUT2D eigenvalue weighted by Gasteiger charge is 2.37. The molecular weight excluding hydrogens is 318 g/mol. The van der Waals surface area contributed by atoms with E-state index in [0.717, 1.165) is 4.47 Å². The van der Waals surface area contributed by atoms with E-state index in [9.17, 15) is 0 Å². The van der Waals surface area contributed by atoms with E-state index in [1.54, 1.807) is 0 Å². The molecule has 1 atom stereocenters. The van der Waals surface area contributed by atoms with Crippen molar-refractivity contribution in [3.05, 3.63) is 33.8 Å². The van der Waals surface area contributed by atoms with Crippen molar-refractivity contribution in [3.8, 4) is 0 Å². The summed E-state index contributed by atoms with van der Waals surface area (Å²) >= 11 is 3.48. The third-order valence-electron chi connectivity index (χ3n) is 4.06. The molecule has 4 heteroatoms. The van der Waals surface area contributed by atoms with Crippen LogP contribution in [-0.2, 0) is 4.43 Å². The predicted octanol–water partition coefficient (Wildman–Crippen LogP) is 4.78. The molecule has 2 nitrogen and oxygen atoms in total. The Bertz CT molecular complexity index is 440. The van der Waals surface area contributed by atoms with Gasteiger partial charge in [-0.1, -0.05) is 42.8 Å². The smallest absolute Gasteiger partial charge is 0.192 e. The van der Waals surface area contributed by atoms with Crippen molar-refractivity contribution in [2.75, 3.05) is 6.61 Å². The van der Waals surface area contributed by atoms with E-state index in [-0.39, 0.29) is 11.1 Å².